The zero-order chi connectivity index (χ0) is 12.8. The van der Waals surface area contributed by atoms with E-state index in [0.717, 1.165) is 5.69 Å². The molecule has 2 N–H and O–H groups in total. The van der Waals surface area contributed by atoms with E-state index in [2.05, 4.69) is 15.6 Å². The number of rotatable bonds is 4. The molecule has 1 amide bonds. The van der Waals surface area contributed by atoms with Crippen LogP contribution in [-0.2, 0) is 4.79 Å². The van der Waals surface area contributed by atoms with E-state index >= 15 is 0 Å². The number of anilines is 2. The van der Waals surface area contributed by atoms with Crippen LogP contribution >= 0.6 is 11.6 Å². The van der Waals surface area contributed by atoms with Crippen LogP contribution in [0.3, 0.4) is 0 Å². The summed E-state index contributed by atoms with van der Waals surface area (Å²) in [6.07, 6.45) is 3.09. The molecule has 92 valence electrons. The molecule has 0 unspecified atom stereocenters. The van der Waals surface area contributed by atoms with Gasteiger partial charge in [0.05, 0.1) is 23.5 Å². The number of pyridine rings is 1. The number of amides is 1. The number of nitrogens with one attached hydrogen (secondary N) is 2. The van der Waals surface area contributed by atoms with Gasteiger partial charge in [0.1, 0.15) is 0 Å². The summed E-state index contributed by atoms with van der Waals surface area (Å²) in [6.45, 7) is 0.176. The molecule has 0 aliphatic carbocycles. The fourth-order valence-corrected chi connectivity index (χ4v) is 1.55. The molecule has 5 heteroatoms. The summed E-state index contributed by atoms with van der Waals surface area (Å²) in [7, 11) is 0. The summed E-state index contributed by atoms with van der Waals surface area (Å²) in [6, 6.07) is 11.1. The number of carbonyl (C=O) groups excluding carboxylic acids is 1. The van der Waals surface area contributed by atoms with Gasteiger partial charge in [0.25, 0.3) is 0 Å². The Morgan fingerprint density at radius 3 is 2.72 bits per heavy atom. The number of hydrogen-bond acceptors (Lipinski definition) is 3. The van der Waals surface area contributed by atoms with E-state index in [1.807, 2.05) is 30.3 Å². The Morgan fingerprint density at radius 2 is 2.00 bits per heavy atom. The largest absolute Gasteiger partial charge is 0.376 e. The summed E-state index contributed by atoms with van der Waals surface area (Å²) in [4.78, 5) is 15.6. The van der Waals surface area contributed by atoms with Crippen molar-refractivity contribution in [1.29, 1.82) is 0 Å². The van der Waals surface area contributed by atoms with Crippen LogP contribution < -0.4 is 10.6 Å². The fraction of sp³-hybridized carbons (Fsp3) is 0.0769. The van der Waals surface area contributed by atoms with Crippen LogP contribution in [-0.4, -0.2) is 17.4 Å². The maximum absolute atomic E-state index is 11.7. The first kappa shape index (κ1) is 12.4. The highest BCUT2D eigenvalue weighted by atomic mass is 35.5. The topological polar surface area (TPSA) is 54.0 Å². The van der Waals surface area contributed by atoms with Crippen molar-refractivity contribution < 1.29 is 4.79 Å². The monoisotopic (exact) mass is 261 g/mol. The first-order chi connectivity index (χ1) is 8.75. The van der Waals surface area contributed by atoms with Gasteiger partial charge in [-0.3, -0.25) is 9.78 Å². The molecule has 18 heavy (non-hydrogen) atoms. The molecule has 0 atom stereocenters. The molecule has 1 heterocycles. The number of halogens is 1. The third-order valence-electron chi connectivity index (χ3n) is 2.27. The minimum Gasteiger partial charge on any atom is -0.376 e. The van der Waals surface area contributed by atoms with Crippen molar-refractivity contribution in [2.24, 2.45) is 0 Å². The number of para-hydroxylation sites is 1. The van der Waals surface area contributed by atoms with Crippen LogP contribution in [0.1, 0.15) is 0 Å². The summed E-state index contributed by atoms with van der Waals surface area (Å²) in [5.74, 6) is -0.172. The zero-order valence-electron chi connectivity index (χ0n) is 9.56. The third-order valence-corrected chi connectivity index (χ3v) is 2.60. The Balaban J connectivity index is 1.88. The van der Waals surface area contributed by atoms with Gasteiger partial charge in [-0.1, -0.05) is 29.8 Å². The van der Waals surface area contributed by atoms with Crippen molar-refractivity contribution in [3.8, 4) is 0 Å². The van der Waals surface area contributed by atoms with Crippen molar-refractivity contribution in [2.75, 3.05) is 17.2 Å². The molecule has 0 saturated carbocycles. The Bertz CT molecular complexity index is 531. The van der Waals surface area contributed by atoms with Crippen LogP contribution in [0.15, 0.2) is 48.8 Å². The van der Waals surface area contributed by atoms with E-state index in [4.69, 9.17) is 11.6 Å². The molecule has 1 aromatic heterocycles. The van der Waals surface area contributed by atoms with Gasteiger partial charge in [0, 0.05) is 11.9 Å². The molecule has 0 saturated heterocycles. The minimum atomic E-state index is -0.172. The fourth-order valence-electron chi connectivity index (χ4n) is 1.40. The highest BCUT2D eigenvalue weighted by Gasteiger charge is 2.05. The predicted octanol–water partition coefficient (Wildman–Crippen LogP) is 2.79. The summed E-state index contributed by atoms with van der Waals surface area (Å²) < 4.78 is 0. The number of carbonyl (C=O) groups is 1. The third kappa shape index (κ3) is 3.46. The van der Waals surface area contributed by atoms with Gasteiger partial charge in [0.2, 0.25) is 5.91 Å². The lowest BCUT2D eigenvalue weighted by Gasteiger charge is -2.08. The molecule has 0 aliphatic rings. The van der Waals surface area contributed by atoms with Gasteiger partial charge in [-0.2, -0.15) is 0 Å². The lowest BCUT2D eigenvalue weighted by atomic mass is 10.3. The predicted molar refractivity (Wildman–Crippen MR) is 72.8 cm³/mol. The first-order valence-corrected chi connectivity index (χ1v) is 5.82. The smallest absolute Gasteiger partial charge is 0.243 e. The van der Waals surface area contributed by atoms with Crippen LogP contribution in [0.25, 0.3) is 0 Å². The molecule has 2 rings (SSSR count). The van der Waals surface area contributed by atoms with E-state index in [0.29, 0.717) is 10.7 Å². The van der Waals surface area contributed by atoms with Crippen LogP contribution in [0.4, 0.5) is 11.4 Å². The molecule has 0 aliphatic heterocycles. The van der Waals surface area contributed by atoms with E-state index in [1.165, 1.54) is 6.20 Å². The van der Waals surface area contributed by atoms with E-state index in [-0.39, 0.29) is 12.5 Å². The number of nitrogens with zero attached hydrogens (tertiary/aromatic N) is 1. The second-order valence-electron chi connectivity index (χ2n) is 3.62. The van der Waals surface area contributed by atoms with Gasteiger partial charge >= 0.3 is 0 Å². The number of aromatic nitrogens is 1. The molecular formula is C13H12ClN3O. The van der Waals surface area contributed by atoms with Crippen molar-refractivity contribution in [1.82, 2.24) is 4.98 Å². The van der Waals surface area contributed by atoms with Crippen LogP contribution in [0.2, 0.25) is 5.02 Å². The van der Waals surface area contributed by atoms with Gasteiger partial charge in [-0.25, -0.2) is 0 Å². The van der Waals surface area contributed by atoms with Crippen LogP contribution in [0, 0.1) is 0 Å². The number of hydrogen-bond donors (Lipinski definition) is 2. The molecule has 1 aromatic carbocycles. The highest BCUT2D eigenvalue weighted by Crippen LogP contribution is 2.18. The van der Waals surface area contributed by atoms with E-state index < -0.39 is 0 Å². The standard InChI is InChI=1S/C13H12ClN3O/c14-11-6-7-15-8-12(11)17-13(18)9-16-10-4-2-1-3-5-10/h1-8,16H,9H2,(H,17,18). The summed E-state index contributed by atoms with van der Waals surface area (Å²) >= 11 is 5.91. The Hall–Kier alpha value is -2.07. The second-order valence-corrected chi connectivity index (χ2v) is 4.03. The van der Waals surface area contributed by atoms with Crippen molar-refractivity contribution >= 4 is 28.9 Å². The molecule has 0 spiro atoms. The Labute approximate surface area is 110 Å². The van der Waals surface area contributed by atoms with Gasteiger partial charge in [-0.15, -0.1) is 0 Å². The van der Waals surface area contributed by atoms with Crippen molar-refractivity contribution in [3.63, 3.8) is 0 Å². The second kappa shape index (κ2) is 6.02. The average molecular weight is 262 g/mol. The zero-order valence-corrected chi connectivity index (χ0v) is 10.3. The lowest BCUT2D eigenvalue weighted by Crippen LogP contribution is -2.21. The molecule has 4 nitrogen and oxygen atoms in total. The SMILES string of the molecule is O=C(CNc1ccccc1)Nc1cnccc1Cl. The molecule has 0 fully saturated rings. The molecule has 0 radical (unpaired) electrons. The summed E-state index contributed by atoms with van der Waals surface area (Å²) in [5, 5.41) is 6.16. The first-order valence-electron chi connectivity index (χ1n) is 5.44. The maximum atomic E-state index is 11.7. The van der Waals surface area contributed by atoms with Gasteiger partial charge in [-0.05, 0) is 18.2 Å². The lowest BCUT2D eigenvalue weighted by molar-refractivity contribution is -0.114. The van der Waals surface area contributed by atoms with Crippen LogP contribution in [0.5, 0.6) is 0 Å². The molecule has 0 bridgehead atoms. The summed E-state index contributed by atoms with van der Waals surface area (Å²) in [5.41, 5.74) is 1.41. The molecular weight excluding hydrogens is 250 g/mol. The van der Waals surface area contributed by atoms with Gasteiger partial charge in [0.15, 0.2) is 0 Å². The minimum absolute atomic E-state index is 0.172. The van der Waals surface area contributed by atoms with E-state index in [9.17, 15) is 4.79 Å². The maximum Gasteiger partial charge on any atom is 0.243 e. The molecule has 2 aromatic rings. The normalized spacial score (nSPS) is 9.83. The van der Waals surface area contributed by atoms with E-state index in [1.54, 1.807) is 12.3 Å². The highest BCUT2D eigenvalue weighted by molar-refractivity contribution is 6.33. The van der Waals surface area contributed by atoms with Crippen molar-refractivity contribution in [3.05, 3.63) is 53.8 Å². The van der Waals surface area contributed by atoms with Crippen molar-refractivity contribution in [2.45, 2.75) is 0 Å². The van der Waals surface area contributed by atoms with Gasteiger partial charge < -0.3 is 10.6 Å². The quantitative estimate of drug-likeness (QED) is 0.890. The number of benzene rings is 1. The Morgan fingerprint density at radius 1 is 1.22 bits per heavy atom. The Kier molecular flexibility index (Phi) is 4.15. The average Bonchev–Trinajstić information content (AvgIpc) is 2.40.